The zero-order chi connectivity index (χ0) is 14.2. The highest BCUT2D eigenvalue weighted by atomic mass is 15.2. The Bertz CT molecular complexity index is 301. The number of hydrogen-bond donors (Lipinski definition) is 0. The number of hydrogen-bond acceptors (Lipinski definition) is 2. The molecule has 0 aliphatic heterocycles. The van der Waals surface area contributed by atoms with E-state index in [1.54, 1.807) is 0 Å². The first kappa shape index (κ1) is 15.6. The normalized spacial score (nSPS) is 23.4. The molecule has 0 saturated heterocycles. The van der Waals surface area contributed by atoms with Gasteiger partial charge in [0, 0.05) is 12.1 Å². The van der Waals surface area contributed by atoms with E-state index in [-0.39, 0.29) is 6.04 Å². The van der Waals surface area contributed by atoms with Crippen LogP contribution in [0.15, 0.2) is 12.7 Å². The lowest BCUT2D eigenvalue weighted by atomic mass is 9.87. The van der Waals surface area contributed by atoms with E-state index < -0.39 is 0 Å². The maximum atomic E-state index is 9.66. The summed E-state index contributed by atoms with van der Waals surface area (Å²) in [4.78, 5) is 2.64. The molecule has 0 aromatic rings. The van der Waals surface area contributed by atoms with Crippen LogP contribution in [0.3, 0.4) is 0 Å². The van der Waals surface area contributed by atoms with Crippen LogP contribution in [0.2, 0.25) is 0 Å². The van der Waals surface area contributed by atoms with Gasteiger partial charge in [-0.25, -0.2) is 0 Å². The molecule has 0 bridgehead atoms. The third-order valence-electron chi connectivity index (χ3n) is 5.15. The van der Waals surface area contributed by atoms with E-state index in [0.717, 1.165) is 12.8 Å². The fourth-order valence-corrected chi connectivity index (χ4v) is 4.12. The molecule has 0 spiro atoms. The van der Waals surface area contributed by atoms with Gasteiger partial charge in [-0.05, 0) is 38.5 Å². The maximum absolute atomic E-state index is 9.66. The third-order valence-corrected chi connectivity index (χ3v) is 5.15. The van der Waals surface area contributed by atoms with Crippen molar-refractivity contribution in [1.82, 2.24) is 4.90 Å². The van der Waals surface area contributed by atoms with E-state index in [1.807, 2.05) is 6.08 Å². The summed E-state index contributed by atoms with van der Waals surface area (Å²) in [7, 11) is 0. The molecule has 2 heteroatoms. The highest BCUT2D eigenvalue weighted by molar-refractivity contribution is 4.99. The highest BCUT2D eigenvalue weighted by Crippen LogP contribution is 2.32. The van der Waals surface area contributed by atoms with Crippen LogP contribution in [0.25, 0.3) is 0 Å². The van der Waals surface area contributed by atoms with Gasteiger partial charge in [-0.2, -0.15) is 5.26 Å². The lowest BCUT2D eigenvalue weighted by Gasteiger charge is -2.44. The first-order valence-electron chi connectivity index (χ1n) is 8.64. The molecule has 0 aromatic carbocycles. The van der Waals surface area contributed by atoms with Gasteiger partial charge >= 0.3 is 0 Å². The monoisotopic (exact) mass is 274 g/mol. The molecule has 2 rings (SSSR count). The zero-order valence-corrected chi connectivity index (χ0v) is 12.9. The molecular formula is C18H30N2. The van der Waals surface area contributed by atoms with Crippen molar-refractivity contribution < 1.29 is 0 Å². The van der Waals surface area contributed by atoms with Gasteiger partial charge in [0.25, 0.3) is 0 Å². The Balaban J connectivity index is 2.08. The summed E-state index contributed by atoms with van der Waals surface area (Å²) in [6.07, 6.45) is 17.3. The maximum Gasteiger partial charge on any atom is 0.0985 e. The van der Waals surface area contributed by atoms with E-state index in [1.165, 1.54) is 64.2 Å². The summed E-state index contributed by atoms with van der Waals surface area (Å²) in [5, 5.41) is 9.66. The van der Waals surface area contributed by atoms with Crippen molar-refractivity contribution in [2.75, 3.05) is 0 Å². The van der Waals surface area contributed by atoms with Gasteiger partial charge in [0.1, 0.15) is 0 Å². The predicted molar refractivity (Wildman–Crippen MR) is 84.4 cm³/mol. The van der Waals surface area contributed by atoms with Crippen LogP contribution >= 0.6 is 0 Å². The summed E-state index contributed by atoms with van der Waals surface area (Å²) in [6.45, 7) is 3.82. The molecule has 2 aliphatic carbocycles. The van der Waals surface area contributed by atoms with E-state index in [4.69, 9.17) is 0 Å². The summed E-state index contributed by atoms with van der Waals surface area (Å²) in [5.74, 6) is 0. The van der Waals surface area contributed by atoms with Crippen LogP contribution in [0.4, 0.5) is 0 Å². The Morgan fingerprint density at radius 3 is 1.90 bits per heavy atom. The average Bonchev–Trinajstić information content (AvgIpc) is 2.53. The Labute approximate surface area is 124 Å². The molecule has 0 heterocycles. The van der Waals surface area contributed by atoms with Crippen molar-refractivity contribution >= 4 is 0 Å². The largest absolute Gasteiger partial charge is 0.282 e. The molecule has 2 fully saturated rings. The second-order valence-corrected chi connectivity index (χ2v) is 6.54. The van der Waals surface area contributed by atoms with Crippen molar-refractivity contribution in [1.29, 1.82) is 5.26 Å². The second-order valence-electron chi connectivity index (χ2n) is 6.54. The topological polar surface area (TPSA) is 27.0 Å². The first-order chi connectivity index (χ1) is 9.86. The zero-order valence-electron chi connectivity index (χ0n) is 12.9. The lowest BCUT2D eigenvalue weighted by molar-refractivity contribution is 0.0548. The molecule has 0 aromatic heterocycles. The van der Waals surface area contributed by atoms with Gasteiger partial charge in [0.15, 0.2) is 0 Å². The minimum Gasteiger partial charge on any atom is -0.282 e. The number of allylic oxidation sites excluding steroid dienone is 1. The van der Waals surface area contributed by atoms with Gasteiger partial charge in [0.2, 0.25) is 0 Å². The fourth-order valence-electron chi connectivity index (χ4n) is 4.12. The van der Waals surface area contributed by atoms with E-state index in [9.17, 15) is 5.26 Å². The van der Waals surface area contributed by atoms with Crippen molar-refractivity contribution in [2.45, 2.75) is 95.2 Å². The number of nitrogens with zero attached hydrogens (tertiary/aromatic N) is 2. The molecule has 1 atom stereocenters. The second kappa shape index (κ2) is 8.47. The quantitative estimate of drug-likeness (QED) is 0.650. The van der Waals surface area contributed by atoms with Crippen molar-refractivity contribution in [2.24, 2.45) is 0 Å². The summed E-state index contributed by atoms with van der Waals surface area (Å²) >= 11 is 0. The molecule has 20 heavy (non-hydrogen) atoms. The van der Waals surface area contributed by atoms with Crippen LogP contribution in [-0.2, 0) is 0 Å². The molecule has 0 radical (unpaired) electrons. The Morgan fingerprint density at radius 1 is 1.00 bits per heavy atom. The van der Waals surface area contributed by atoms with Gasteiger partial charge in [0.05, 0.1) is 12.1 Å². The Kier molecular flexibility index (Phi) is 6.60. The van der Waals surface area contributed by atoms with Crippen molar-refractivity contribution in [3.8, 4) is 6.07 Å². The number of nitriles is 1. The van der Waals surface area contributed by atoms with Crippen LogP contribution in [0, 0.1) is 11.3 Å². The van der Waals surface area contributed by atoms with Gasteiger partial charge in [-0.1, -0.05) is 44.6 Å². The lowest BCUT2D eigenvalue weighted by Crippen LogP contribution is -2.50. The standard InChI is InChI=1S/C18H30N2/c1-2-3-10-18(15-19)20(16-11-6-4-7-12-16)17-13-8-5-9-14-17/h2,16-18H,1,3-14H2. The van der Waals surface area contributed by atoms with Crippen molar-refractivity contribution in [3.05, 3.63) is 12.7 Å². The van der Waals surface area contributed by atoms with E-state index >= 15 is 0 Å². The van der Waals surface area contributed by atoms with Gasteiger partial charge in [-0.3, -0.25) is 4.90 Å². The Morgan fingerprint density at radius 2 is 1.50 bits per heavy atom. The van der Waals surface area contributed by atoms with Crippen molar-refractivity contribution in [3.63, 3.8) is 0 Å². The number of rotatable bonds is 6. The minimum atomic E-state index is 0.110. The SMILES string of the molecule is C=CCCC(C#N)N(C1CCCCC1)C1CCCCC1. The molecule has 0 N–H and O–H groups in total. The van der Waals surface area contributed by atoms with E-state index in [0.29, 0.717) is 12.1 Å². The van der Waals surface area contributed by atoms with Crippen LogP contribution in [-0.4, -0.2) is 23.0 Å². The molecule has 2 saturated carbocycles. The average molecular weight is 274 g/mol. The fraction of sp³-hybridized carbons (Fsp3) is 0.833. The van der Waals surface area contributed by atoms with Gasteiger partial charge < -0.3 is 0 Å². The van der Waals surface area contributed by atoms with Crippen LogP contribution < -0.4 is 0 Å². The molecular weight excluding hydrogens is 244 g/mol. The summed E-state index contributed by atoms with van der Waals surface area (Å²) in [6, 6.07) is 4.06. The molecule has 1 unspecified atom stereocenters. The first-order valence-corrected chi connectivity index (χ1v) is 8.64. The molecule has 2 aliphatic rings. The van der Waals surface area contributed by atoms with Crippen LogP contribution in [0.1, 0.15) is 77.0 Å². The highest BCUT2D eigenvalue weighted by Gasteiger charge is 2.33. The minimum absolute atomic E-state index is 0.110. The Hall–Kier alpha value is -0.810. The molecule has 112 valence electrons. The smallest absolute Gasteiger partial charge is 0.0985 e. The van der Waals surface area contributed by atoms with Gasteiger partial charge in [-0.15, -0.1) is 6.58 Å². The third kappa shape index (κ3) is 4.09. The van der Waals surface area contributed by atoms with E-state index in [2.05, 4.69) is 17.5 Å². The summed E-state index contributed by atoms with van der Waals surface area (Å²) < 4.78 is 0. The molecule has 2 nitrogen and oxygen atoms in total. The predicted octanol–water partition coefficient (Wildman–Crippen LogP) is 4.81. The molecule has 0 amide bonds. The summed E-state index contributed by atoms with van der Waals surface area (Å²) in [5.41, 5.74) is 0. The van der Waals surface area contributed by atoms with Crippen LogP contribution in [0.5, 0.6) is 0 Å².